The van der Waals surface area contributed by atoms with Crippen molar-refractivity contribution in [1.82, 2.24) is 20.1 Å². The van der Waals surface area contributed by atoms with Crippen LogP contribution in [0.25, 0.3) is 0 Å². The van der Waals surface area contributed by atoms with Gasteiger partial charge in [0, 0.05) is 43.9 Å². The Bertz CT molecular complexity index is 468. The van der Waals surface area contributed by atoms with Gasteiger partial charge >= 0.3 is 0 Å². The number of aromatic amines is 1. The molecule has 7 heteroatoms. The van der Waals surface area contributed by atoms with Crippen molar-refractivity contribution in [2.45, 2.75) is 0 Å². The third-order valence-electron chi connectivity index (χ3n) is 3.07. The molecule has 104 valence electrons. The first kappa shape index (κ1) is 14.1. The Hall–Kier alpha value is -1.34. The minimum atomic E-state index is -0.186. The van der Waals surface area contributed by atoms with E-state index in [0.29, 0.717) is 18.8 Å². The lowest BCUT2D eigenvalue weighted by atomic mass is 10.3. The van der Waals surface area contributed by atoms with E-state index in [9.17, 15) is 9.59 Å². The minimum Gasteiger partial charge on any atom is -0.356 e. The number of halogens is 1. The number of H-pyrrole nitrogens is 1. The maximum Gasteiger partial charge on any atom is 0.270 e. The zero-order chi connectivity index (χ0) is 13.8. The lowest BCUT2D eigenvalue weighted by Crippen LogP contribution is -2.49. The van der Waals surface area contributed by atoms with Crippen LogP contribution in [0.4, 0.5) is 0 Å². The number of amides is 2. The Kier molecular flexibility index (Phi) is 4.60. The smallest absolute Gasteiger partial charge is 0.270 e. The Morgan fingerprint density at radius 2 is 2.11 bits per heavy atom. The van der Waals surface area contributed by atoms with Crippen LogP contribution in [-0.4, -0.2) is 66.4 Å². The third-order valence-corrected chi connectivity index (χ3v) is 3.52. The van der Waals surface area contributed by atoms with Crippen molar-refractivity contribution >= 4 is 27.7 Å². The summed E-state index contributed by atoms with van der Waals surface area (Å²) in [5, 5.41) is 3.19. The van der Waals surface area contributed by atoms with E-state index < -0.39 is 0 Å². The number of piperazine rings is 1. The number of aromatic nitrogens is 1. The van der Waals surface area contributed by atoms with Gasteiger partial charge in [0.15, 0.2) is 0 Å². The summed E-state index contributed by atoms with van der Waals surface area (Å²) in [5.74, 6) is -0.197. The number of nitrogens with zero attached hydrogens (tertiary/aromatic N) is 2. The lowest BCUT2D eigenvalue weighted by Gasteiger charge is -2.29. The highest BCUT2D eigenvalue weighted by Gasteiger charge is 2.21. The van der Waals surface area contributed by atoms with Crippen LogP contribution in [0.3, 0.4) is 0 Å². The molecule has 0 bridgehead atoms. The third kappa shape index (κ3) is 3.57. The predicted octanol–water partition coefficient (Wildman–Crippen LogP) is 0.281. The second-order valence-corrected chi connectivity index (χ2v) is 5.44. The van der Waals surface area contributed by atoms with Crippen LogP contribution in [0.5, 0.6) is 0 Å². The number of likely N-dealkylation sites (N-methyl/N-ethyl adjacent to an activating group) is 1. The summed E-state index contributed by atoms with van der Waals surface area (Å²) in [4.78, 5) is 30.2. The van der Waals surface area contributed by atoms with Gasteiger partial charge in [-0.25, -0.2) is 0 Å². The molecule has 1 aliphatic rings. The van der Waals surface area contributed by atoms with Gasteiger partial charge in [0.1, 0.15) is 5.69 Å². The van der Waals surface area contributed by atoms with E-state index in [1.54, 1.807) is 24.2 Å². The molecule has 2 rings (SSSR count). The summed E-state index contributed by atoms with van der Waals surface area (Å²) in [6, 6.07) is 1.70. The molecule has 0 aromatic carbocycles. The standard InChI is InChI=1S/C12H17BrN4O2/c1-16(12(19)10-6-9(13)7-15-10)8-11(18)17-4-2-14-3-5-17/h6-7,14-15H,2-5,8H2,1H3. The average molecular weight is 329 g/mol. The fourth-order valence-corrected chi connectivity index (χ4v) is 2.33. The van der Waals surface area contributed by atoms with Crippen molar-refractivity contribution in [3.63, 3.8) is 0 Å². The van der Waals surface area contributed by atoms with Crippen LogP contribution in [0.1, 0.15) is 10.5 Å². The van der Waals surface area contributed by atoms with Gasteiger partial charge in [-0.2, -0.15) is 0 Å². The Labute approximate surface area is 120 Å². The Morgan fingerprint density at radius 3 is 2.68 bits per heavy atom. The quantitative estimate of drug-likeness (QED) is 0.837. The first-order chi connectivity index (χ1) is 9.08. The van der Waals surface area contributed by atoms with Crippen molar-refractivity contribution < 1.29 is 9.59 Å². The van der Waals surface area contributed by atoms with Gasteiger partial charge in [-0.05, 0) is 22.0 Å². The second kappa shape index (κ2) is 6.21. The van der Waals surface area contributed by atoms with Crippen LogP contribution in [0, 0.1) is 0 Å². The monoisotopic (exact) mass is 328 g/mol. The number of hydrogen-bond donors (Lipinski definition) is 2. The normalized spacial score (nSPS) is 15.4. The van der Waals surface area contributed by atoms with Crippen molar-refractivity contribution in [3.8, 4) is 0 Å². The van der Waals surface area contributed by atoms with E-state index in [1.807, 2.05) is 0 Å². The molecule has 6 nitrogen and oxygen atoms in total. The number of nitrogens with one attached hydrogen (secondary N) is 2. The Morgan fingerprint density at radius 1 is 1.42 bits per heavy atom. The molecule has 0 atom stereocenters. The molecule has 1 saturated heterocycles. The molecule has 0 unspecified atom stereocenters. The van der Waals surface area contributed by atoms with Crippen LogP contribution < -0.4 is 5.32 Å². The number of carbonyl (C=O) groups excluding carboxylic acids is 2. The minimum absolute atomic E-state index is 0.0111. The first-order valence-electron chi connectivity index (χ1n) is 6.16. The molecule has 1 aliphatic heterocycles. The molecule has 1 aromatic rings. The molecule has 2 N–H and O–H groups in total. The molecule has 1 aromatic heterocycles. The maximum atomic E-state index is 12.1. The molecule has 19 heavy (non-hydrogen) atoms. The zero-order valence-corrected chi connectivity index (χ0v) is 12.4. The molecule has 0 saturated carbocycles. The van der Waals surface area contributed by atoms with Crippen molar-refractivity contribution in [2.24, 2.45) is 0 Å². The maximum absolute atomic E-state index is 12.1. The molecule has 2 amide bonds. The van der Waals surface area contributed by atoms with Crippen LogP contribution in [-0.2, 0) is 4.79 Å². The van der Waals surface area contributed by atoms with Gasteiger partial charge in [0.05, 0.1) is 6.54 Å². The van der Waals surface area contributed by atoms with E-state index in [2.05, 4.69) is 26.2 Å². The SMILES string of the molecule is CN(CC(=O)N1CCNCC1)C(=O)c1cc(Br)c[nH]1. The summed E-state index contributed by atoms with van der Waals surface area (Å²) >= 11 is 3.28. The van der Waals surface area contributed by atoms with Crippen molar-refractivity contribution in [2.75, 3.05) is 39.8 Å². The molecule has 1 fully saturated rings. The largest absolute Gasteiger partial charge is 0.356 e. The summed E-state index contributed by atoms with van der Waals surface area (Å²) in [6.45, 7) is 3.14. The molecule has 0 radical (unpaired) electrons. The van der Waals surface area contributed by atoms with E-state index in [1.165, 1.54) is 4.90 Å². The van der Waals surface area contributed by atoms with Crippen LogP contribution in [0.2, 0.25) is 0 Å². The summed E-state index contributed by atoms with van der Waals surface area (Å²) in [5.41, 5.74) is 0.475. The lowest BCUT2D eigenvalue weighted by molar-refractivity contribution is -0.132. The van der Waals surface area contributed by atoms with E-state index in [-0.39, 0.29) is 18.4 Å². The fourth-order valence-electron chi connectivity index (χ4n) is 1.99. The summed E-state index contributed by atoms with van der Waals surface area (Å²) in [7, 11) is 1.64. The van der Waals surface area contributed by atoms with E-state index in [4.69, 9.17) is 0 Å². The van der Waals surface area contributed by atoms with Gasteiger partial charge in [0.2, 0.25) is 5.91 Å². The first-order valence-corrected chi connectivity index (χ1v) is 6.95. The van der Waals surface area contributed by atoms with Crippen LogP contribution >= 0.6 is 15.9 Å². The van der Waals surface area contributed by atoms with Gasteiger partial charge in [-0.3, -0.25) is 9.59 Å². The Balaban J connectivity index is 1.91. The zero-order valence-electron chi connectivity index (χ0n) is 10.8. The van der Waals surface area contributed by atoms with Gasteiger partial charge < -0.3 is 20.1 Å². The highest BCUT2D eigenvalue weighted by molar-refractivity contribution is 9.10. The topological polar surface area (TPSA) is 68.4 Å². The predicted molar refractivity (Wildman–Crippen MR) is 74.9 cm³/mol. The number of hydrogen-bond acceptors (Lipinski definition) is 3. The molecule has 0 spiro atoms. The summed E-state index contributed by atoms with van der Waals surface area (Å²) in [6.07, 6.45) is 1.69. The average Bonchev–Trinajstić information content (AvgIpc) is 2.85. The second-order valence-electron chi connectivity index (χ2n) is 4.52. The van der Waals surface area contributed by atoms with E-state index in [0.717, 1.165) is 17.6 Å². The number of rotatable bonds is 3. The number of carbonyl (C=O) groups is 2. The van der Waals surface area contributed by atoms with E-state index >= 15 is 0 Å². The highest BCUT2D eigenvalue weighted by atomic mass is 79.9. The van der Waals surface area contributed by atoms with Crippen molar-refractivity contribution in [3.05, 3.63) is 22.4 Å². The molecule has 2 heterocycles. The van der Waals surface area contributed by atoms with Crippen LogP contribution in [0.15, 0.2) is 16.7 Å². The molecular formula is C12H17BrN4O2. The highest BCUT2D eigenvalue weighted by Crippen LogP contribution is 2.12. The van der Waals surface area contributed by atoms with Gasteiger partial charge in [0.25, 0.3) is 5.91 Å². The fraction of sp³-hybridized carbons (Fsp3) is 0.500. The van der Waals surface area contributed by atoms with Crippen molar-refractivity contribution in [1.29, 1.82) is 0 Å². The molecule has 0 aliphatic carbocycles. The summed E-state index contributed by atoms with van der Waals surface area (Å²) < 4.78 is 0.817. The molecular weight excluding hydrogens is 312 g/mol. The van der Waals surface area contributed by atoms with Gasteiger partial charge in [-0.1, -0.05) is 0 Å². The van der Waals surface area contributed by atoms with Gasteiger partial charge in [-0.15, -0.1) is 0 Å².